The van der Waals surface area contributed by atoms with Crippen LogP contribution in [0.1, 0.15) is 33.6 Å². The molecule has 7 unspecified atom stereocenters. The first-order valence-electron chi connectivity index (χ1n) is 7.49. The fourth-order valence-corrected chi connectivity index (χ4v) is 4.03. The second-order valence-corrected chi connectivity index (χ2v) is 7.55. The quantitative estimate of drug-likeness (QED) is 0.439. The van der Waals surface area contributed by atoms with Gasteiger partial charge in [-0.2, -0.15) is 0 Å². The number of rotatable bonds is 4. The Labute approximate surface area is 135 Å². The molecule has 114 valence electrons. The Balaban J connectivity index is 2.17. The normalized spacial score (nSPS) is 39.9. The predicted molar refractivity (Wildman–Crippen MR) is 88.6 cm³/mol. The van der Waals surface area contributed by atoms with Gasteiger partial charge in [0, 0.05) is 22.2 Å². The molecule has 0 fully saturated rings. The molecule has 0 aliphatic heterocycles. The Kier molecular flexibility index (Phi) is 5.68. The Morgan fingerprint density at radius 1 is 1.50 bits per heavy atom. The molecule has 0 heterocycles. The number of aliphatic hydroxyl groups is 2. The van der Waals surface area contributed by atoms with E-state index in [1.54, 1.807) is 0 Å². The Bertz CT molecular complexity index is 393. The van der Waals surface area contributed by atoms with Gasteiger partial charge in [0.15, 0.2) is 6.29 Å². The van der Waals surface area contributed by atoms with Gasteiger partial charge in [-0.05, 0) is 17.9 Å². The lowest BCUT2D eigenvalue weighted by Gasteiger charge is -2.41. The van der Waals surface area contributed by atoms with Crippen LogP contribution in [0, 0.1) is 17.8 Å². The molecule has 20 heavy (non-hydrogen) atoms. The van der Waals surface area contributed by atoms with Crippen LogP contribution in [0.2, 0.25) is 0 Å². The summed E-state index contributed by atoms with van der Waals surface area (Å²) in [7, 11) is 0. The maximum Gasteiger partial charge on any atom is 0.157 e. The monoisotopic (exact) mass is 392 g/mol. The highest BCUT2D eigenvalue weighted by Crippen LogP contribution is 2.41. The Hall–Kier alpha value is 0.0900. The minimum atomic E-state index is -0.749. The highest BCUT2D eigenvalue weighted by Gasteiger charge is 2.40. The summed E-state index contributed by atoms with van der Waals surface area (Å²) >= 11 is 2.48. The lowest BCUT2D eigenvalue weighted by atomic mass is 9.75. The number of halogens is 1. The minimum Gasteiger partial charge on any atom is -0.389 e. The summed E-state index contributed by atoms with van der Waals surface area (Å²) in [6.07, 6.45) is 6.36. The summed E-state index contributed by atoms with van der Waals surface area (Å²) in [4.78, 5) is 0. The molecule has 2 rings (SSSR count). The molecular formula is C16H25IO3. The average Bonchev–Trinajstić information content (AvgIpc) is 2.41. The molecule has 0 bridgehead atoms. The van der Waals surface area contributed by atoms with E-state index in [9.17, 15) is 10.2 Å². The van der Waals surface area contributed by atoms with Gasteiger partial charge in [-0.3, -0.25) is 0 Å². The van der Waals surface area contributed by atoms with Crippen LogP contribution in [-0.4, -0.2) is 32.6 Å². The van der Waals surface area contributed by atoms with E-state index in [1.807, 2.05) is 19.9 Å². The van der Waals surface area contributed by atoms with Crippen molar-refractivity contribution in [3.63, 3.8) is 0 Å². The summed E-state index contributed by atoms with van der Waals surface area (Å²) in [6, 6.07) is 0. The van der Waals surface area contributed by atoms with Crippen molar-refractivity contribution in [3.05, 3.63) is 23.8 Å². The van der Waals surface area contributed by atoms with Gasteiger partial charge in [0.25, 0.3) is 0 Å². The maximum atomic E-state index is 10.2. The topological polar surface area (TPSA) is 49.7 Å². The third-order valence-electron chi connectivity index (χ3n) is 4.53. The van der Waals surface area contributed by atoms with Crippen LogP contribution in [0.3, 0.4) is 0 Å². The van der Waals surface area contributed by atoms with E-state index in [-0.39, 0.29) is 17.9 Å². The molecule has 2 aliphatic carbocycles. The number of hydrogen-bond donors (Lipinski definition) is 2. The van der Waals surface area contributed by atoms with E-state index < -0.39 is 12.4 Å². The van der Waals surface area contributed by atoms with Crippen molar-refractivity contribution in [1.82, 2.24) is 0 Å². The summed E-state index contributed by atoms with van der Waals surface area (Å²) in [6.45, 7) is 6.24. The molecule has 0 saturated heterocycles. The van der Waals surface area contributed by atoms with Crippen molar-refractivity contribution in [2.75, 3.05) is 0 Å². The number of hydrogen-bond acceptors (Lipinski definition) is 3. The molecule has 7 atom stereocenters. The largest absolute Gasteiger partial charge is 0.389 e. The van der Waals surface area contributed by atoms with E-state index in [0.29, 0.717) is 16.3 Å². The number of aliphatic hydroxyl groups excluding tert-OH is 2. The summed E-state index contributed by atoms with van der Waals surface area (Å²) < 4.78 is 6.35. The lowest BCUT2D eigenvalue weighted by Crippen LogP contribution is -2.44. The number of ether oxygens (including phenoxy) is 1. The van der Waals surface area contributed by atoms with Gasteiger partial charge in [-0.15, -0.1) is 0 Å². The van der Waals surface area contributed by atoms with Crippen LogP contribution >= 0.6 is 22.6 Å². The van der Waals surface area contributed by atoms with Crippen LogP contribution in [0.15, 0.2) is 23.8 Å². The van der Waals surface area contributed by atoms with Gasteiger partial charge in [-0.25, -0.2) is 0 Å². The zero-order valence-electron chi connectivity index (χ0n) is 12.4. The van der Waals surface area contributed by atoms with Crippen molar-refractivity contribution < 1.29 is 14.9 Å². The van der Waals surface area contributed by atoms with Gasteiger partial charge < -0.3 is 14.9 Å². The van der Waals surface area contributed by atoms with E-state index in [2.05, 4.69) is 41.7 Å². The highest BCUT2D eigenvalue weighted by molar-refractivity contribution is 14.1. The van der Waals surface area contributed by atoms with E-state index in [0.717, 1.165) is 12.0 Å². The molecule has 0 aromatic heterocycles. The molecule has 0 radical (unpaired) electrons. The first-order valence-corrected chi connectivity index (χ1v) is 8.74. The molecule has 0 saturated carbocycles. The summed E-state index contributed by atoms with van der Waals surface area (Å²) in [5, 5.41) is 20.2. The van der Waals surface area contributed by atoms with E-state index in [1.165, 1.54) is 0 Å². The van der Waals surface area contributed by atoms with Crippen LogP contribution in [-0.2, 0) is 4.74 Å². The molecule has 0 amide bonds. The molecule has 4 heteroatoms. The molecule has 0 aromatic rings. The number of allylic oxidation sites excluding steroid dienone is 2. The summed E-state index contributed by atoms with van der Waals surface area (Å²) in [5.74, 6) is 0.864. The molecule has 0 aromatic carbocycles. The van der Waals surface area contributed by atoms with Crippen molar-refractivity contribution in [3.8, 4) is 0 Å². The Morgan fingerprint density at radius 2 is 2.20 bits per heavy atom. The van der Waals surface area contributed by atoms with Gasteiger partial charge >= 0.3 is 0 Å². The van der Waals surface area contributed by atoms with Crippen LogP contribution in [0.4, 0.5) is 0 Å². The van der Waals surface area contributed by atoms with Gasteiger partial charge in [-0.1, -0.05) is 61.6 Å². The molecular weight excluding hydrogens is 367 g/mol. The van der Waals surface area contributed by atoms with Crippen molar-refractivity contribution in [1.29, 1.82) is 0 Å². The van der Waals surface area contributed by atoms with Crippen LogP contribution < -0.4 is 0 Å². The fourth-order valence-electron chi connectivity index (χ4n) is 2.91. The van der Waals surface area contributed by atoms with Gasteiger partial charge in [0.1, 0.15) is 0 Å². The van der Waals surface area contributed by atoms with Crippen LogP contribution in [0.5, 0.6) is 0 Å². The Morgan fingerprint density at radius 3 is 2.85 bits per heavy atom. The smallest absolute Gasteiger partial charge is 0.157 e. The minimum absolute atomic E-state index is 0.108. The third kappa shape index (κ3) is 3.46. The molecule has 2 aliphatic rings. The molecule has 3 nitrogen and oxygen atoms in total. The standard InChI is InChI=1S/C16H25IO3/c1-4-9(2)16(19)20-13-8-12(18)7-11-6-5-10(3)15(17)14(11)13/h5-7,9-10,12-16,18-19H,4,8H2,1-3H3. The highest BCUT2D eigenvalue weighted by atomic mass is 127. The SMILES string of the molecule is CCC(C)C(O)OC1CC(O)C=C2C=CC(C)C(I)C21. The molecule has 2 N–H and O–H groups in total. The van der Waals surface area contributed by atoms with E-state index in [4.69, 9.17) is 4.74 Å². The lowest BCUT2D eigenvalue weighted by molar-refractivity contribution is -0.180. The van der Waals surface area contributed by atoms with Crippen molar-refractivity contribution in [2.24, 2.45) is 17.8 Å². The zero-order valence-corrected chi connectivity index (χ0v) is 14.5. The van der Waals surface area contributed by atoms with Crippen molar-refractivity contribution in [2.45, 2.75) is 56.0 Å². The average molecular weight is 392 g/mol. The first kappa shape index (κ1) is 16.5. The van der Waals surface area contributed by atoms with Gasteiger partial charge in [0.05, 0.1) is 12.2 Å². The third-order valence-corrected chi connectivity index (χ3v) is 6.44. The second kappa shape index (κ2) is 6.90. The van der Waals surface area contributed by atoms with Crippen molar-refractivity contribution >= 4 is 22.6 Å². The van der Waals surface area contributed by atoms with Gasteiger partial charge in [0.2, 0.25) is 0 Å². The zero-order chi connectivity index (χ0) is 14.9. The molecule has 0 spiro atoms. The van der Waals surface area contributed by atoms with E-state index >= 15 is 0 Å². The maximum absolute atomic E-state index is 10.2. The van der Waals surface area contributed by atoms with Crippen LogP contribution in [0.25, 0.3) is 0 Å². The predicted octanol–water partition coefficient (Wildman–Crippen LogP) is 3.05. The number of alkyl halides is 1. The second-order valence-electron chi connectivity index (χ2n) is 6.11. The number of fused-ring (bicyclic) bond motifs is 1. The first-order chi connectivity index (χ1) is 9.43. The fraction of sp³-hybridized carbons (Fsp3) is 0.750. The summed E-state index contributed by atoms with van der Waals surface area (Å²) in [5.41, 5.74) is 1.16.